The zero-order valence-electron chi connectivity index (χ0n) is 14.3. The van der Waals surface area contributed by atoms with E-state index in [-0.39, 0.29) is 18.3 Å². The number of ether oxygens (including phenoxy) is 1. The second-order valence-corrected chi connectivity index (χ2v) is 7.20. The third kappa shape index (κ3) is 4.01. The summed E-state index contributed by atoms with van der Waals surface area (Å²) in [5.74, 6) is -1.10. The summed E-state index contributed by atoms with van der Waals surface area (Å²) in [5, 5.41) is 9.97. The maximum atomic E-state index is 12.9. The number of hydrogen-bond acceptors (Lipinski definition) is 5. The van der Waals surface area contributed by atoms with Crippen molar-refractivity contribution < 1.29 is 23.8 Å². The number of halogens is 1. The predicted octanol–water partition coefficient (Wildman–Crippen LogP) is 3.25. The molecule has 8 heteroatoms. The van der Waals surface area contributed by atoms with Gasteiger partial charge in [0.2, 0.25) is 0 Å². The zero-order valence-corrected chi connectivity index (χ0v) is 15.1. The molecule has 0 saturated carbocycles. The molecule has 26 heavy (non-hydrogen) atoms. The van der Waals surface area contributed by atoms with Crippen LogP contribution in [0.4, 0.5) is 4.39 Å². The van der Waals surface area contributed by atoms with Gasteiger partial charge in [0.25, 0.3) is 5.91 Å². The number of nitrogens with zero attached hydrogens (tertiary/aromatic N) is 2. The van der Waals surface area contributed by atoms with Gasteiger partial charge in [0, 0.05) is 6.54 Å². The Bertz CT molecular complexity index is 806. The molecule has 2 aromatic rings. The summed E-state index contributed by atoms with van der Waals surface area (Å²) in [7, 11) is 0. The lowest BCUT2D eigenvalue weighted by Crippen LogP contribution is -2.47. The van der Waals surface area contributed by atoms with Crippen molar-refractivity contribution in [1.29, 1.82) is 0 Å². The molecule has 0 radical (unpaired) electrons. The van der Waals surface area contributed by atoms with Crippen LogP contribution in [-0.2, 0) is 11.4 Å². The zero-order chi connectivity index (χ0) is 18.7. The molecule has 1 amide bonds. The smallest absolute Gasteiger partial charge is 0.326 e. The quantitative estimate of drug-likeness (QED) is 0.864. The van der Waals surface area contributed by atoms with Crippen LogP contribution in [-0.4, -0.2) is 39.5 Å². The van der Waals surface area contributed by atoms with E-state index in [9.17, 15) is 19.1 Å². The molecule has 1 N–H and O–H groups in total. The van der Waals surface area contributed by atoms with E-state index in [1.54, 1.807) is 6.92 Å². The van der Waals surface area contributed by atoms with Crippen LogP contribution < -0.4 is 4.74 Å². The third-order valence-electron chi connectivity index (χ3n) is 4.26. The normalized spacial score (nSPS) is 17.2. The minimum atomic E-state index is -0.972. The number of carbonyl (C=O) groups is 2. The van der Waals surface area contributed by atoms with Crippen LogP contribution >= 0.6 is 11.3 Å². The second kappa shape index (κ2) is 7.82. The number of benzene rings is 1. The van der Waals surface area contributed by atoms with Crippen LogP contribution in [0.1, 0.15) is 39.6 Å². The number of piperidine rings is 1. The van der Waals surface area contributed by atoms with Crippen LogP contribution in [0.5, 0.6) is 5.75 Å². The van der Waals surface area contributed by atoms with Gasteiger partial charge in [-0.1, -0.05) is 0 Å². The minimum Gasteiger partial charge on any atom is -0.486 e. The average molecular weight is 378 g/mol. The van der Waals surface area contributed by atoms with Crippen LogP contribution in [0, 0.1) is 12.7 Å². The lowest BCUT2D eigenvalue weighted by molar-refractivity contribution is -0.143. The molecule has 0 aliphatic carbocycles. The van der Waals surface area contributed by atoms with Gasteiger partial charge < -0.3 is 14.7 Å². The fraction of sp³-hybridized carbons (Fsp3) is 0.389. The number of rotatable bonds is 5. The molecular formula is C18H19FN2O4S. The standard InChI is InChI=1S/C18H19FN2O4S/c1-11-16(17(22)21-9-3-2-4-14(21)18(23)24)26-15(20-11)10-25-13-7-5-12(19)6-8-13/h5-8,14H,2-4,9-10H2,1H3,(H,23,24). The van der Waals surface area contributed by atoms with Crippen LogP contribution in [0.3, 0.4) is 0 Å². The number of carboxylic acids is 1. The molecule has 1 saturated heterocycles. The van der Waals surface area contributed by atoms with Crippen molar-refractivity contribution in [3.63, 3.8) is 0 Å². The summed E-state index contributed by atoms with van der Waals surface area (Å²) >= 11 is 1.20. The summed E-state index contributed by atoms with van der Waals surface area (Å²) in [5.41, 5.74) is 0.562. The third-order valence-corrected chi connectivity index (χ3v) is 5.38. The molecule has 2 heterocycles. The number of aryl methyl sites for hydroxylation is 1. The molecule has 138 valence electrons. The number of carboxylic acid groups (broad SMARTS) is 1. The highest BCUT2D eigenvalue weighted by atomic mass is 32.1. The maximum Gasteiger partial charge on any atom is 0.326 e. The molecule has 1 unspecified atom stereocenters. The molecule has 1 fully saturated rings. The summed E-state index contributed by atoms with van der Waals surface area (Å²) in [4.78, 5) is 30.5. The van der Waals surface area contributed by atoms with Crippen molar-refractivity contribution in [1.82, 2.24) is 9.88 Å². The van der Waals surface area contributed by atoms with E-state index >= 15 is 0 Å². The Kier molecular flexibility index (Phi) is 5.51. The Morgan fingerprint density at radius 3 is 2.77 bits per heavy atom. The maximum absolute atomic E-state index is 12.9. The molecular weight excluding hydrogens is 359 g/mol. The van der Waals surface area contributed by atoms with Gasteiger partial charge in [0.05, 0.1) is 5.69 Å². The van der Waals surface area contributed by atoms with Gasteiger partial charge in [-0.2, -0.15) is 0 Å². The summed E-state index contributed by atoms with van der Waals surface area (Å²) in [6.07, 6.45) is 2.08. The van der Waals surface area contributed by atoms with Crippen molar-refractivity contribution in [2.24, 2.45) is 0 Å². The number of aromatic nitrogens is 1. The Hall–Kier alpha value is -2.48. The van der Waals surface area contributed by atoms with E-state index in [1.165, 1.54) is 40.5 Å². The van der Waals surface area contributed by atoms with Crippen molar-refractivity contribution in [3.8, 4) is 5.75 Å². The molecule has 1 atom stereocenters. The van der Waals surface area contributed by atoms with Crippen molar-refractivity contribution in [2.75, 3.05) is 6.54 Å². The van der Waals surface area contributed by atoms with E-state index < -0.39 is 12.0 Å². The van der Waals surface area contributed by atoms with Crippen molar-refractivity contribution in [3.05, 3.63) is 45.7 Å². The van der Waals surface area contributed by atoms with Crippen molar-refractivity contribution >= 4 is 23.2 Å². The molecule has 6 nitrogen and oxygen atoms in total. The van der Waals surface area contributed by atoms with Gasteiger partial charge in [0.1, 0.15) is 34.1 Å². The topological polar surface area (TPSA) is 79.7 Å². The molecule has 1 aromatic carbocycles. The van der Waals surface area contributed by atoms with E-state index in [1.807, 2.05) is 0 Å². The SMILES string of the molecule is Cc1nc(COc2ccc(F)cc2)sc1C(=O)N1CCCCC1C(=O)O. The van der Waals surface area contributed by atoms with Gasteiger partial charge in [0.15, 0.2) is 0 Å². The van der Waals surface area contributed by atoms with Gasteiger partial charge in [-0.25, -0.2) is 14.2 Å². The van der Waals surface area contributed by atoms with E-state index in [4.69, 9.17) is 4.74 Å². The van der Waals surface area contributed by atoms with Gasteiger partial charge in [-0.3, -0.25) is 4.79 Å². The van der Waals surface area contributed by atoms with Gasteiger partial charge >= 0.3 is 5.97 Å². The number of carbonyl (C=O) groups excluding carboxylic acids is 1. The highest BCUT2D eigenvalue weighted by Gasteiger charge is 2.34. The first-order valence-corrected chi connectivity index (χ1v) is 9.16. The second-order valence-electron chi connectivity index (χ2n) is 6.11. The molecule has 0 spiro atoms. The first kappa shape index (κ1) is 18.3. The van der Waals surface area contributed by atoms with Crippen LogP contribution in [0.15, 0.2) is 24.3 Å². The van der Waals surface area contributed by atoms with Crippen LogP contribution in [0.2, 0.25) is 0 Å². The van der Waals surface area contributed by atoms with E-state index in [0.29, 0.717) is 34.3 Å². The fourth-order valence-electron chi connectivity index (χ4n) is 2.95. The predicted molar refractivity (Wildman–Crippen MR) is 93.9 cm³/mol. The minimum absolute atomic E-state index is 0.160. The fourth-order valence-corrected chi connectivity index (χ4v) is 3.88. The first-order valence-electron chi connectivity index (χ1n) is 8.34. The number of aliphatic carboxylic acids is 1. The molecule has 1 aliphatic rings. The molecule has 1 aliphatic heterocycles. The van der Waals surface area contributed by atoms with Crippen molar-refractivity contribution in [2.45, 2.75) is 38.8 Å². The summed E-state index contributed by atoms with van der Waals surface area (Å²) in [6, 6.07) is 4.87. The highest BCUT2D eigenvalue weighted by molar-refractivity contribution is 7.13. The van der Waals surface area contributed by atoms with Gasteiger partial charge in [-0.15, -0.1) is 11.3 Å². The van der Waals surface area contributed by atoms with E-state index in [0.717, 1.165) is 12.8 Å². The van der Waals surface area contributed by atoms with E-state index in [2.05, 4.69) is 4.98 Å². The van der Waals surface area contributed by atoms with Crippen LogP contribution in [0.25, 0.3) is 0 Å². The molecule has 0 bridgehead atoms. The number of thiazole rings is 1. The monoisotopic (exact) mass is 378 g/mol. The molecule has 1 aromatic heterocycles. The van der Waals surface area contributed by atoms with Gasteiger partial charge in [-0.05, 0) is 50.5 Å². The first-order chi connectivity index (χ1) is 12.5. The average Bonchev–Trinajstić information content (AvgIpc) is 3.01. The Morgan fingerprint density at radius 2 is 2.08 bits per heavy atom. The summed E-state index contributed by atoms with van der Waals surface area (Å²) < 4.78 is 18.5. The Labute approximate surface area is 154 Å². The Balaban J connectivity index is 1.71. The Morgan fingerprint density at radius 1 is 1.35 bits per heavy atom. The largest absolute Gasteiger partial charge is 0.486 e. The lowest BCUT2D eigenvalue weighted by Gasteiger charge is -2.32. The summed E-state index contributed by atoms with van der Waals surface area (Å²) in [6.45, 7) is 2.33. The molecule has 3 rings (SSSR count). The number of likely N-dealkylation sites (tertiary alicyclic amines) is 1. The number of amides is 1. The lowest BCUT2D eigenvalue weighted by atomic mass is 10.0. The number of hydrogen-bond donors (Lipinski definition) is 1. The highest BCUT2D eigenvalue weighted by Crippen LogP contribution is 2.26.